The van der Waals surface area contributed by atoms with Gasteiger partial charge in [0.25, 0.3) is 0 Å². The Balaban J connectivity index is 1.71. The molecule has 0 aliphatic heterocycles. The van der Waals surface area contributed by atoms with Crippen molar-refractivity contribution in [1.29, 1.82) is 0 Å². The van der Waals surface area contributed by atoms with E-state index in [0.29, 0.717) is 6.04 Å². The fourth-order valence-electron chi connectivity index (χ4n) is 2.53. The Morgan fingerprint density at radius 1 is 1.17 bits per heavy atom. The molecule has 1 unspecified atom stereocenters. The molecular formula is C16H25NO. The smallest absolute Gasteiger partial charge is 0.119 e. The molecule has 0 spiro atoms. The molecule has 0 aromatic heterocycles. The Bertz CT molecular complexity index is 341. The van der Waals surface area contributed by atoms with E-state index in [0.717, 1.165) is 12.3 Å². The van der Waals surface area contributed by atoms with Gasteiger partial charge in [0.1, 0.15) is 11.9 Å². The van der Waals surface area contributed by atoms with E-state index in [2.05, 4.69) is 31.3 Å². The number of rotatable bonds is 5. The van der Waals surface area contributed by atoms with Gasteiger partial charge in [0, 0.05) is 12.6 Å². The summed E-state index contributed by atoms with van der Waals surface area (Å²) in [5.41, 5.74) is 1.27. The summed E-state index contributed by atoms with van der Waals surface area (Å²) >= 11 is 0. The monoisotopic (exact) mass is 247 g/mol. The summed E-state index contributed by atoms with van der Waals surface area (Å²) in [6.07, 6.45) is 7.06. The third-order valence-corrected chi connectivity index (χ3v) is 3.66. The van der Waals surface area contributed by atoms with E-state index in [9.17, 15) is 0 Å². The molecular weight excluding hydrogens is 222 g/mol. The van der Waals surface area contributed by atoms with Crippen LogP contribution in [0.25, 0.3) is 0 Å². The lowest BCUT2D eigenvalue weighted by Crippen LogP contribution is -2.37. The normalized spacial score (nSPS) is 18.6. The molecule has 100 valence electrons. The van der Waals surface area contributed by atoms with Crippen LogP contribution in [0.4, 0.5) is 0 Å². The summed E-state index contributed by atoms with van der Waals surface area (Å²) in [6, 6.07) is 8.99. The number of hydrogen-bond acceptors (Lipinski definition) is 2. The van der Waals surface area contributed by atoms with Crippen LogP contribution in [0.15, 0.2) is 24.3 Å². The van der Waals surface area contributed by atoms with Gasteiger partial charge in [-0.2, -0.15) is 0 Å². The average Bonchev–Trinajstić information content (AvgIpc) is 2.40. The molecule has 1 saturated carbocycles. The van der Waals surface area contributed by atoms with Gasteiger partial charge in [-0.3, -0.25) is 0 Å². The zero-order valence-corrected chi connectivity index (χ0v) is 11.6. The summed E-state index contributed by atoms with van der Waals surface area (Å²) in [4.78, 5) is 0. The van der Waals surface area contributed by atoms with Crippen molar-refractivity contribution in [3.63, 3.8) is 0 Å². The Morgan fingerprint density at radius 3 is 2.50 bits per heavy atom. The average molecular weight is 247 g/mol. The van der Waals surface area contributed by atoms with E-state index < -0.39 is 0 Å². The number of aryl methyl sites for hydroxylation is 1. The van der Waals surface area contributed by atoms with Gasteiger partial charge in [-0.1, -0.05) is 37.0 Å². The molecule has 1 atom stereocenters. The molecule has 2 heteroatoms. The van der Waals surface area contributed by atoms with Gasteiger partial charge >= 0.3 is 0 Å². The largest absolute Gasteiger partial charge is 0.489 e. The van der Waals surface area contributed by atoms with Crippen LogP contribution >= 0.6 is 0 Å². The molecule has 0 radical (unpaired) electrons. The van der Waals surface area contributed by atoms with Crippen molar-refractivity contribution < 1.29 is 4.74 Å². The minimum Gasteiger partial charge on any atom is -0.489 e. The third-order valence-electron chi connectivity index (χ3n) is 3.66. The summed E-state index contributed by atoms with van der Waals surface area (Å²) < 4.78 is 5.90. The van der Waals surface area contributed by atoms with E-state index in [1.54, 1.807) is 0 Å². The van der Waals surface area contributed by atoms with Gasteiger partial charge < -0.3 is 10.1 Å². The van der Waals surface area contributed by atoms with Crippen molar-refractivity contribution in [1.82, 2.24) is 5.32 Å². The fourth-order valence-corrected chi connectivity index (χ4v) is 2.53. The quantitative estimate of drug-likeness (QED) is 0.857. The van der Waals surface area contributed by atoms with Crippen LogP contribution in [0.5, 0.6) is 5.75 Å². The zero-order valence-electron chi connectivity index (χ0n) is 11.6. The van der Waals surface area contributed by atoms with Gasteiger partial charge in [-0.25, -0.2) is 0 Å². The zero-order chi connectivity index (χ0) is 12.8. The summed E-state index contributed by atoms with van der Waals surface area (Å²) in [7, 11) is 0. The molecule has 1 aliphatic carbocycles. The van der Waals surface area contributed by atoms with Crippen LogP contribution in [-0.2, 0) is 0 Å². The Morgan fingerprint density at radius 2 is 1.83 bits per heavy atom. The molecule has 2 nitrogen and oxygen atoms in total. The van der Waals surface area contributed by atoms with Crippen LogP contribution in [0.2, 0.25) is 0 Å². The molecule has 1 aromatic carbocycles. The van der Waals surface area contributed by atoms with Gasteiger partial charge in [0.2, 0.25) is 0 Å². The highest BCUT2D eigenvalue weighted by Crippen LogP contribution is 2.18. The molecule has 18 heavy (non-hydrogen) atoms. The van der Waals surface area contributed by atoms with Crippen molar-refractivity contribution in [2.75, 3.05) is 6.54 Å². The second-order valence-electron chi connectivity index (χ2n) is 5.48. The molecule has 2 rings (SSSR count). The lowest BCUT2D eigenvalue weighted by molar-refractivity contribution is 0.205. The second-order valence-corrected chi connectivity index (χ2v) is 5.48. The number of ether oxygens (including phenoxy) is 1. The lowest BCUT2D eigenvalue weighted by atomic mass is 9.95. The van der Waals surface area contributed by atoms with E-state index in [1.807, 2.05) is 12.1 Å². The lowest BCUT2D eigenvalue weighted by Gasteiger charge is -2.25. The van der Waals surface area contributed by atoms with E-state index in [1.165, 1.54) is 37.7 Å². The Hall–Kier alpha value is -1.02. The van der Waals surface area contributed by atoms with Gasteiger partial charge in [0.05, 0.1) is 0 Å². The van der Waals surface area contributed by atoms with Gasteiger partial charge in [-0.05, 0) is 38.8 Å². The first-order chi connectivity index (χ1) is 8.74. The first-order valence-electron chi connectivity index (χ1n) is 7.21. The first kappa shape index (κ1) is 13.4. The van der Waals surface area contributed by atoms with Crippen molar-refractivity contribution in [3.05, 3.63) is 29.8 Å². The van der Waals surface area contributed by atoms with Crippen LogP contribution in [0.1, 0.15) is 44.6 Å². The minimum absolute atomic E-state index is 0.231. The molecule has 1 aromatic rings. The molecule has 0 amide bonds. The highest BCUT2D eigenvalue weighted by atomic mass is 16.5. The van der Waals surface area contributed by atoms with E-state index >= 15 is 0 Å². The molecule has 0 heterocycles. The summed E-state index contributed by atoms with van der Waals surface area (Å²) in [5, 5.41) is 3.63. The SMILES string of the molecule is Cc1ccc(OC(C)CNC2CCCCC2)cc1. The molecule has 0 bridgehead atoms. The number of hydrogen-bond donors (Lipinski definition) is 1. The highest BCUT2D eigenvalue weighted by molar-refractivity contribution is 5.26. The second kappa shape index (κ2) is 6.79. The molecule has 0 saturated heterocycles. The number of nitrogens with one attached hydrogen (secondary N) is 1. The molecule has 1 aliphatic rings. The Labute approximate surface area is 111 Å². The van der Waals surface area contributed by atoms with E-state index in [4.69, 9.17) is 4.74 Å². The first-order valence-corrected chi connectivity index (χ1v) is 7.21. The molecule has 1 fully saturated rings. The van der Waals surface area contributed by atoms with Gasteiger partial charge in [0.15, 0.2) is 0 Å². The standard InChI is InChI=1S/C16H25NO/c1-13-8-10-16(11-9-13)18-14(2)12-17-15-6-4-3-5-7-15/h8-11,14-15,17H,3-7,12H2,1-2H3. The van der Waals surface area contributed by atoms with Crippen LogP contribution < -0.4 is 10.1 Å². The maximum atomic E-state index is 5.90. The maximum Gasteiger partial charge on any atom is 0.119 e. The van der Waals surface area contributed by atoms with Crippen LogP contribution in [0, 0.1) is 6.92 Å². The molecule has 1 N–H and O–H groups in total. The van der Waals surface area contributed by atoms with Crippen LogP contribution in [-0.4, -0.2) is 18.7 Å². The van der Waals surface area contributed by atoms with Crippen molar-refractivity contribution in [2.24, 2.45) is 0 Å². The predicted octanol–water partition coefficient (Wildman–Crippen LogP) is 3.68. The highest BCUT2D eigenvalue weighted by Gasteiger charge is 2.14. The summed E-state index contributed by atoms with van der Waals surface area (Å²) in [6.45, 7) is 5.17. The third kappa shape index (κ3) is 4.34. The summed E-state index contributed by atoms with van der Waals surface area (Å²) in [5.74, 6) is 0.971. The minimum atomic E-state index is 0.231. The van der Waals surface area contributed by atoms with Crippen molar-refractivity contribution in [2.45, 2.75) is 58.1 Å². The number of benzene rings is 1. The Kier molecular flexibility index (Phi) is 5.06. The predicted molar refractivity (Wildman–Crippen MR) is 76.1 cm³/mol. The van der Waals surface area contributed by atoms with E-state index in [-0.39, 0.29) is 6.10 Å². The van der Waals surface area contributed by atoms with Crippen molar-refractivity contribution >= 4 is 0 Å². The van der Waals surface area contributed by atoms with Gasteiger partial charge in [-0.15, -0.1) is 0 Å². The maximum absolute atomic E-state index is 5.90. The van der Waals surface area contributed by atoms with Crippen molar-refractivity contribution in [3.8, 4) is 5.75 Å². The van der Waals surface area contributed by atoms with Crippen LogP contribution in [0.3, 0.4) is 0 Å². The topological polar surface area (TPSA) is 21.3 Å². The fraction of sp³-hybridized carbons (Fsp3) is 0.625.